The second kappa shape index (κ2) is 8.89. The maximum absolute atomic E-state index is 10.9. The van der Waals surface area contributed by atoms with Crippen LogP contribution in [0.5, 0.6) is 5.75 Å². The van der Waals surface area contributed by atoms with Crippen LogP contribution in [0.2, 0.25) is 0 Å². The van der Waals surface area contributed by atoms with Gasteiger partial charge in [0.15, 0.2) is 12.6 Å². The van der Waals surface area contributed by atoms with Gasteiger partial charge in [0.1, 0.15) is 12.4 Å². The molecule has 0 atom stereocenters. The van der Waals surface area contributed by atoms with Crippen molar-refractivity contribution in [1.82, 2.24) is 0 Å². The Hall–Kier alpha value is -0.180. The van der Waals surface area contributed by atoms with Crippen LogP contribution in [0.15, 0.2) is 16.6 Å². The van der Waals surface area contributed by atoms with Crippen LogP contribution in [0.25, 0.3) is 0 Å². The minimum atomic E-state index is -0.402. The Bertz CT molecular complexity index is 419. The number of hydrogen-bond donors (Lipinski definition) is 0. The fourth-order valence-corrected chi connectivity index (χ4v) is 2.90. The van der Waals surface area contributed by atoms with Crippen LogP contribution in [-0.4, -0.2) is 32.4 Å². The summed E-state index contributed by atoms with van der Waals surface area (Å²) < 4.78 is 18.1. The Morgan fingerprint density at radius 1 is 1.32 bits per heavy atom. The molecule has 1 aromatic carbocycles. The highest BCUT2D eigenvalue weighted by molar-refractivity contribution is 14.1. The number of aldehydes is 1. The number of benzene rings is 1. The van der Waals surface area contributed by atoms with Gasteiger partial charge < -0.3 is 14.2 Å². The Labute approximate surface area is 135 Å². The summed E-state index contributed by atoms with van der Waals surface area (Å²) in [5.41, 5.74) is 0.600. The molecule has 0 unspecified atom stereocenters. The summed E-state index contributed by atoms with van der Waals surface area (Å²) >= 11 is 5.52. The summed E-state index contributed by atoms with van der Waals surface area (Å²) in [7, 11) is 0. The van der Waals surface area contributed by atoms with Gasteiger partial charge in [0.25, 0.3) is 0 Å². The van der Waals surface area contributed by atoms with Crippen LogP contribution < -0.4 is 4.74 Å². The van der Waals surface area contributed by atoms with E-state index < -0.39 is 6.29 Å². The maximum atomic E-state index is 10.9. The summed E-state index contributed by atoms with van der Waals surface area (Å²) in [6.45, 7) is 5.19. The number of carbonyl (C=O) groups is 1. The molecule has 19 heavy (non-hydrogen) atoms. The van der Waals surface area contributed by atoms with Gasteiger partial charge in [0, 0.05) is 22.3 Å². The summed E-state index contributed by atoms with van der Waals surface area (Å²) in [6, 6.07) is 3.55. The molecule has 4 nitrogen and oxygen atoms in total. The summed E-state index contributed by atoms with van der Waals surface area (Å²) in [5, 5.41) is 0. The van der Waals surface area contributed by atoms with Gasteiger partial charge in [-0.3, -0.25) is 4.79 Å². The first-order valence-corrected chi connectivity index (χ1v) is 7.79. The summed E-state index contributed by atoms with van der Waals surface area (Å²) in [6.07, 6.45) is 0.407. The van der Waals surface area contributed by atoms with Crippen molar-refractivity contribution in [2.45, 2.75) is 20.1 Å². The Morgan fingerprint density at radius 3 is 2.47 bits per heavy atom. The van der Waals surface area contributed by atoms with Gasteiger partial charge >= 0.3 is 0 Å². The number of carbonyl (C=O) groups excluding carboxylic acids is 1. The number of ether oxygens (including phenoxy) is 3. The van der Waals surface area contributed by atoms with E-state index in [-0.39, 0.29) is 6.61 Å². The monoisotopic (exact) mass is 442 g/mol. The molecule has 0 aliphatic carbocycles. The zero-order chi connectivity index (χ0) is 14.3. The highest BCUT2D eigenvalue weighted by atomic mass is 127. The molecule has 0 N–H and O–H groups in total. The van der Waals surface area contributed by atoms with Gasteiger partial charge in [-0.15, -0.1) is 0 Å². The van der Waals surface area contributed by atoms with Crippen molar-refractivity contribution in [3.05, 3.63) is 25.7 Å². The number of rotatable bonds is 8. The predicted octanol–water partition coefficient (Wildman–Crippen LogP) is 3.64. The summed E-state index contributed by atoms with van der Waals surface area (Å²) in [4.78, 5) is 10.9. The Kier molecular flexibility index (Phi) is 7.89. The minimum absolute atomic E-state index is 0.277. The third kappa shape index (κ3) is 5.37. The molecule has 0 spiro atoms. The van der Waals surface area contributed by atoms with E-state index in [0.717, 1.165) is 14.3 Å². The largest absolute Gasteiger partial charge is 0.487 e. The van der Waals surface area contributed by atoms with Gasteiger partial charge in [-0.1, -0.05) is 0 Å². The molecule has 0 aliphatic rings. The number of halogens is 2. The highest BCUT2D eigenvalue weighted by Gasteiger charge is 2.12. The van der Waals surface area contributed by atoms with Crippen LogP contribution in [0.1, 0.15) is 24.2 Å². The van der Waals surface area contributed by atoms with Crippen molar-refractivity contribution in [1.29, 1.82) is 0 Å². The molecule has 0 saturated carbocycles. The van der Waals surface area contributed by atoms with Crippen molar-refractivity contribution in [3.8, 4) is 5.75 Å². The maximum Gasteiger partial charge on any atom is 0.191 e. The lowest BCUT2D eigenvalue weighted by atomic mass is 10.2. The standard InChI is InChI=1S/C13H16BrIO4/c1-3-17-13(18-4-2)8-19-12-5-9(7-16)11(15)6-10(12)14/h5-7,13H,3-4,8H2,1-2H3. The molecule has 0 radical (unpaired) electrons. The Morgan fingerprint density at radius 2 is 1.95 bits per heavy atom. The molecule has 1 aromatic rings. The van der Waals surface area contributed by atoms with Crippen molar-refractivity contribution in [3.63, 3.8) is 0 Å². The lowest BCUT2D eigenvalue weighted by Gasteiger charge is -2.18. The zero-order valence-electron chi connectivity index (χ0n) is 10.8. The van der Waals surface area contributed by atoms with Gasteiger partial charge in [-0.2, -0.15) is 0 Å². The van der Waals surface area contributed by atoms with Crippen molar-refractivity contribution in [2.24, 2.45) is 0 Å². The van der Waals surface area contributed by atoms with E-state index in [2.05, 4.69) is 38.5 Å². The molecule has 0 heterocycles. The predicted molar refractivity (Wildman–Crippen MR) is 84.8 cm³/mol. The van der Waals surface area contributed by atoms with Gasteiger partial charge in [-0.05, 0) is 64.5 Å². The first kappa shape index (κ1) is 16.9. The van der Waals surface area contributed by atoms with Gasteiger partial charge in [-0.25, -0.2) is 0 Å². The Balaban J connectivity index is 2.73. The summed E-state index contributed by atoms with van der Waals surface area (Å²) in [5.74, 6) is 0.604. The van der Waals surface area contributed by atoms with E-state index >= 15 is 0 Å². The van der Waals surface area contributed by atoms with Crippen LogP contribution >= 0.6 is 38.5 Å². The SMILES string of the molecule is CCOC(COc1cc(C=O)c(I)cc1Br)OCC. The normalized spacial score (nSPS) is 10.8. The van der Waals surface area contributed by atoms with Gasteiger partial charge in [0.05, 0.1) is 4.47 Å². The average Bonchev–Trinajstić information content (AvgIpc) is 2.38. The van der Waals surface area contributed by atoms with Crippen molar-refractivity contribution < 1.29 is 19.0 Å². The van der Waals surface area contributed by atoms with Crippen LogP contribution in [-0.2, 0) is 9.47 Å². The molecule has 6 heteroatoms. The zero-order valence-corrected chi connectivity index (χ0v) is 14.6. The first-order valence-electron chi connectivity index (χ1n) is 5.92. The molecule has 0 amide bonds. The second-order valence-corrected chi connectivity index (χ2v) is 5.59. The highest BCUT2D eigenvalue weighted by Crippen LogP contribution is 2.29. The lowest BCUT2D eigenvalue weighted by Crippen LogP contribution is -2.25. The molecule has 1 rings (SSSR count). The van der Waals surface area contributed by atoms with E-state index in [0.29, 0.717) is 24.5 Å². The third-order valence-corrected chi connectivity index (χ3v) is 3.81. The molecular formula is C13H16BrIO4. The fourth-order valence-electron chi connectivity index (χ4n) is 1.42. The van der Waals surface area contributed by atoms with Crippen molar-refractivity contribution >= 4 is 44.8 Å². The average molecular weight is 443 g/mol. The smallest absolute Gasteiger partial charge is 0.191 e. The lowest BCUT2D eigenvalue weighted by molar-refractivity contribution is -0.152. The minimum Gasteiger partial charge on any atom is -0.487 e. The molecule has 0 fully saturated rings. The van der Waals surface area contributed by atoms with E-state index in [1.807, 2.05) is 19.9 Å². The number of hydrogen-bond acceptors (Lipinski definition) is 4. The van der Waals surface area contributed by atoms with E-state index in [1.165, 1.54) is 0 Å². The van der Waals surface area contributed by atoms with E-state index in [9.17, 15) is 4.79 Å². The fraction of sp³-hybridized carbons (Fsp3) is 0.462. The second-order valence-electron chi connectivity index (χ2n) is 3.57. The third-order valence-electron chi connectivity index (χ3n) is 2.26. The molecule has 0 bridgehead atoms. The van der Waals surface area contributed by atoms with Crippen LogP contribution in [0.3, 0.4) is 0 Å². The van der Waals surface area contributed by atoms with E-state index in [1.54, 1.807) is 6.07 Å². The van der Waals surface area contributed by atoms with Crippen molar-refractivity contribution in [2.75, 3.05) is 19.8 Å². The molecule has 106 valence electrons. The van der Waals surface area contributed by atoms with Crippen LogP contribution in [0, 0.1) is 3.57 Å². The van der Waals surface area contributed by atoms with E-state index in [4.69, 9.17) is 14.2 Å². The molecule has 0 aliphatic heterocycles. The van der Waals surface area contributed by atoms with Gasteiger partial charge in [0.2, 0.25) is 0 Å². The molecular weight excluding hydrogens is 427 g/mol. The first-order chi connectivity index (χ1) is 9.12. The van der Waals surface area contributed by atoms with Crippen LogP contribution in [0.4, 0.5) is 0 Å². The quantitative estimate of drug-likeness (QED) is 0.350. The topological polar surface area (TPSA) is 44.8 Å². The molecule has 0 saturated heterocycles. The molecule has 0 aromatic heterocycles.